The van der Waals surface area contributed by atoms with Crippen molar-refractivity contribution in [2.24, 2.45) is 0 Å². The molecular formula is C13H12O4S. The van der Waals surface area contributed by atoms with E-state index in [1.54, 1.807) is 18.4 Å². The van der Waals surface area contributed by atoms with Crippen molar-refractivity contribution < 1.29 is 19.4 Å². The maximum atomic E-state index is 11.0. The summed E-state index contributed by atoms with van der Waals surface area (Å²) in [6.07, 6.45) is 2.63. The number of rotatable bonds is 4. The van der Waals surface area contributed by atoms with Crippen molar-refractivity contribution in [2.45, 2.75) is 13.3 Å². The van der Waals surface area contributed by atoms with Gasteiger partial charge in [0, 0.05) is 21.9 Å². The molecule has 0 aliphatic heterocycles. The van der Waals surface area contributed by atoms with Crippen molar-refractivity contribution in [3.05, 3.63) is 28.0 Å². The SMILES string of the molecule is CCOC(=O)CC#Cc1csc(/C=C/C(=O)O)c1. The number of carboxylic acid groups (broad SMARTS) is 1. The number of thiophene rings is 1. The van der Waals surface area contributed by atoms with Crippen molar-refractivity contribution in [3.63, 3.8) is 0 Å². The first-order valence-electron chi connectivity index (χ1n) is 5.26. The number of carboxylic acids is 1. The van der Waals surface area contributed by atoms with Crippen molar-refractivity contribution >= 4 is 29.4 Å². The quantitative estimate of drug-likeness (QED) is 0.514. The molecule has 0 radical (unpaired) electrons. The van der Waals surface area contributed by atoms with Gasteiger partial charge < -0.3 is 9.84 Å². The third-order valence-electron chi connectivity index (χ3n) is 1.78. The van der Waals surface area contributed by atoms with E-state index in [4.69, 9.17) is 9.84 Å². The van der Waals surface area contributed by atoms with Gasteiger partial charge in [0.25, 0.3) is 0 Å². The van der Waals surface area contributed by atoms with Gasteiger partial charge in [-0.05, 0) is 19.1 Å². The molecule has 0 spiro atoms. The van der Waals surface area contributed by atoms with Gasteiger partial charge in [0.15, 0.2) is 0 Å². The lowest BCUT2D eigenvalue weighted by molar-refractivity contribution is -0.141. The van der Waals surface area contributed by atoms with E-state index in [2.05, 4.69) is 11.8 Å². The number of carbonyl (C=O) groups excluding carboxylic acids is 1. The Hall–Kier alpha value is -2.06. The van der Waals surface area contributed by atoms with Crippen LogP contribution in [-0.2, 0) is 14.3 Å². The van der Waals surface area contributed by atoms with Crippen LogP contribution < -0.4 is 0 Å². The van der Waals surface area contributed by atoms with Gasteiger partial charge in [0.05, 0.1) is 6.61 Å². The Labute approximate surface area is 109 Å². The lowest BCUT2D eigenvalue weighted by Crippen LogP contribution is -2.01. The topological polar surface area (TPSA) is 63.6 Å². The fourth-order valence-corrected chi connectivity index (χ4v) is 1.82. The van der Waals surface area contributed by atoms with Gasteiger partial charge in [-0.25, -0.2) is 4.79 Å². The number of hydrogen-bond donors (Lipinski definition) is 1. The van der Waals surface area contributed by atoms with Crippen LogP contribution in [0.15, 0.2) is 17.5 Å². The highest BCUT2D eigenvalue weighted by molar-refractivity contribution is 7.11. The van der Waals surface area contributed by atoms with Gasteiger partial charge in [-0.15, -0.1) is 11.3 Å². The van der Waals surface area contributed by atoms with Crippen LogP contribution in [0.2, 0.25) is 0 Å². The largest absolute Gasteiger partial charge is 0.478 e. The summed E-state index contributed by atoms with van der Waals surface area (Å²) in [6, 6.07) is 1.77. The molecule has 0 aliphatic rings. The minimum Gasteiger partial charge on any atom is -0.478 e. The summed E-state index contributed by atoms with van der Waals surface area (Å²) >= 11 is 1.39. The van der Waals surface area contributed by atoms with Crippen molar-refractivity contribution in [3.8, 4) is 11.8 Å². The van der Waals surface area contributed by atoms with E-state index in [9.17, 15) is 9.59 Å². The predicted octanol–water partition coefficient (Wildman–Crippen LogP) is 2.15. The number of hydrogen-bond acceptors (Lipinski definition) is 4. The first-order valence-corrected chi connectivity index (χ1v) is 6.14. The molecule has 18 heavy (non-hydrogen) atoms. The summed E-state index contributed by atoms with van der Waals surface area (Å²) < 4.78 is 4.73. The molecule has 1 rings (SSSR count). The molecule has 0 saturated heterocycles. The van der Waals surface area contributed by atoms with Gasteiger partial charge in [0.1, 0.15) is 6.42 Å². The van der Waals surface area contributed by atoms with Crippen molar-refractivity contribution in [2.75, 3.05) is 6.61 Å². The van der Waals surface area contributed by atoms with Crippen LogP contribution in [0.25, 0.3) is 6.08 Å². The molecule has 1 aromatic rings. The molecule has 1 heterocycles. The van der Waals surface area contributed by atoms with E-state index in [-0.39, 0.29) is 12.4 Å². The monoisotopic (exact) mass is 264 g/mol. The van der Waals surface area contributed by atoms with Crippen molar-refractivity contribution in [1.29, 1.82) is 0 Å². The maximum absolute atomic E-state index is 11.0. The van der Waals surface area contributed by atoms with Crippen LogP contribution in [0, 0.1) is 11.8 Å². The number of carbonyl (C=O) groups is 2. The van der Waals surface area contributed by atoms with Crippen LogP contribution in [-0.4, -0.2) is 23.7 Å². The molecule has 4 nitrogen and oxygen atoms in total. The van der Waals surface area contributed by atoms with E-state index in [1.807, 2.05) is 0 Å². The van der Waals surface area contributed by atoms with Crippen LogP contribution >= 0.6 is 11.3 Å². The average Bonchev–Trinajstić information content (AvgIpc) is 2.75. The summed E-state index contributed by atoms with van der Waals surface area (Å²) in [5.74, 6) is 4.20. The fourth-order valence-electron chi connectivity index (χ4n) is 1.09. The predicted molar refractivity (Wildman–Crippen MR) is 69.1 cm³/mol. The molecule has 0 amide bonds. The molecule has 94 valence electrons. The second-order valence-corrected chi connectivity index (χ2v) is 4.14. The molecule has 1 N–H and O–H groups in total. The van der Waals surface area contributed by atoms with Crippen LogP contribution in [0.5, 0.6) is 0 Å². The third kappa shape index (κ3) is 5.32. The fraction of sp³-hybridized carbons (Fsp3) is 0.231. The Morgan fingerprint density at radius 2 is 2.33 bits per heavy atom. The molecule has 0 bridgehead atoms. The highest BCUT2D eigenvalue weighted by Gasteiger charge is 1.97. The normalized spacial score (nSPS) is 9.83. The average molecular weight is 264 g/mol. The van der Waals surface area contributed by atoms with Crippen LogP contribution in [0.4, 0.5) is 0 Å². The molecule has 0 unspecified atom stereocenters. The van der Waals surface area contributed by atoms with Crippen LogP contribution in [0.1, 0.15) is 23.8 Å². The minimum atomic E-state index is -0.988. The summed E-state index contributed by atoms with van der Waals surface area (Å²) in [5.41, 5.74) is 0.759. The smallest absolute Gasteiger partial charge is 0.328 e. The van der Waals surface area contributed by atoms with E-state index >= 15 is 0 Å². The van der Waals surface area contributed by atoms with Crippen molar-refractivity contribution in [1.82, 2.24) is 0 Å². The van der Waals surface area contributed by atoms with Crippen LogP contribution in [0.3, 0.4) is 0 Å². The highest BCUT2D eigenvalue weighted by atomic mass is 32.1. The second-order valence-electron chi connectivity index (χ2n) is 3.19. The minimum absolute atomic E-state index is 0.0595. The molecule has 0 aliphatic carbocycles. The summed E-state index contributed by atoms with van der Waals surface area (Å²) in [5, 5.41) is 10.3. The zero-order chi connectivity index (χ0) is 13.4. The van der Waals surface area contributed by atoms with E-state index < -0.39 is 5.97 Å². The maximum Gasteiger partial charge on any atom is 0.328 e. The molecular weight excluding hydrogens is 252 g/mol. The summed E-state index contributed by atoms with van der Waals surface area (Å²) in [4.78, 5) is 22.1. The lowest BCUT2D eigenvalue weighted by atomic mass is 10.3. The summed E-state index contributed by atoms with van der Waals surface area (Å²) in [7, 11) is 0. The second kappa shape index (κ2) is 7.30. The molecule has 0 aromatic carbocycles. The van der Waals surface area contributed by atoms with Gasteiger partial charge >= 0.3 is 11.9 Å². The molecule has 0 fully saturated rings. The lowest BCUT2D eigenvalue weighted by Gasteiger charge is -1.94. The van der Waals surface area contributed by atoms with E-state index in [0.29, 0.717) is 6.61 Å². The zero-order valence-corrected chi connectivity index (χ0v) is 10.6. The Morgan fingerprint density at radius 1 is 1.56 bits per heavy atom. The Bertz CT molecular complexity index is 517. The third-order valence-corrected chi connectivity index (χ3v) is 2.68. The Kier molecular flexibility index (Phi) is 5.68. The Balaban J connectivity index is 2.56. The summed E-state index contributed by atoms with van der Waals surface area (Å²) in [6.45, 7) is 2.09. The number of esters is 1. The van der Waals surface area contributed by atoms with E-state index in [1.165, 1.54) is 17.4 Å². The van der Waals surface area contributed by atoms with Gasteiger partial charge in [-0.2, -0.15) is 0 Å². The first kappa shape index (κ1) is 14.0. The Morgan fingerprint density at radius 3 is 3.00 bits per heavy atom. The number of aliphatic carboxylic acids is 1. The zero-order valence-electron chi connectivity index (χ0n) is 9.80. The highest BCUT2D eigenvalue weighted by Crippen LogP contribution is 2.15. The molecule has 0 saturated carbocycles. The number of ether oxygens (including phenoxy) is 1. The standard InChI is InChI=1S/C13H12O4S/c1-2-17-13(16)5-3-4-10-8-11(18-9-10)6-7-12(14)15/h6-9H,2,5H2,1H3,(H,14,15)/b7-6+. The molecule has 0 atom stereocenters. The van der Waals surface area contributed by atoms with Gasteiger partial charge in [-0.3, -0.25) is 4.79 Å². The van der Waals surface area contributed by atoms with Gasteiger partial charge in [-0.1, -0.05) is 11.8 Å². The molecule has 1 aromatic heterocycles. The molecule has 5 heteroatoms. The van der Waals surface area contributed by atoms with Gasteiger partial charge in [0.2, 0.25) is 0 Å². The first-order chi connectivity index (χ1) is 8.61. The van der Waals surface area contributed by atoms with E-state index in [0.717, 1.165) is 16.5 Å².